The second-order valence-electron chi connectivity index (χ2n) is 3.14. The van der Waals surface area contributed by atoms with Crippen LogP contribution in [0.2, 0.25) is 0 Å². The lowest BCUT2D eigenvalue weighted by Crippen LogP contribution is -2.33. The van der Waals surface area contributed by atoms with Crippen molar-refractivity contribution in [2.75, 3.05) is 13.6 Å². The van der Waals surface area contributed by atoms with Gasteiger partial charge in [0.1, 0.15) is 0 Å². The van der Waals surface area contributed by atoms with Crippen molar-refractivity contribution in [3.05, 3.63) is 35.6 Å². The number of hydrogen-bond donors (Lipinski definition) is 1. The van der Waals surface area contributed by atoms with Gasteiger partial charge in [0.25, 0.3) is 0 Å². The van der Waals surface area contributed by atoms with Gasteiger partial charge in [-0.2, -0.15) is 0 Å². The van der Waals surface area contributed by atoms with E-state index in [0.717, 1.165) is 19.4 Å². The zero-order chi connectivity index (χ0) is 8.39. The molecule has 12 heavy (non-hydrogen) atoms. The van der Waals surface area contributed by atoms with E-state index in [2.05, 4.69) is 41.8 Å². The van der Waals surface area contributed by atoms with Gasteiger partial charge in [0.05, 0.1) is 5.70 Å². The van der Waals surface area contributed by atoms with Crippen LogP contribution in [-0.4, -0.2) is 18.6 Å². The molecule has 1 aliphatic heterocycles. The summed E-state index contributed by atoms with van der Waals surface area (Å²) in [4.78, 5) is 0. The molecule has 0 atom stereocenters. The first kappa shape index (κ1) is 7.62. The first-order valence-electron chi connectivity index (χ1n) is 4.42. The molecule has 0 fully saturated rings. The van der Waals surface area contributed by atoms with Crippen molar-refractivity contribution >= 4 is 0 Å². The van der Waals surface area contributed by atoms with Crippen LogP contribution in [0.4, 0.5) is 0 Å². The van der Waals surface area contributed by atoms with Crippen molar-refractivity contribution in [1.82, 2.24) is 10.4 Å². The molecule has 0 bridgehead atoms. The molecule has 1 N–H and O–H groups in total. The molecule has 2 nitrogen and oxygen atoms in total. The van der Waals surface area contributed by atoms with E-state index in [-0.39, 0.29) is 0 Å². The molecule has 0 aromatic rings. The topological polar surface area (TPSA) is 15.3 Å². The van der Waals surface area contributed by atoms with Crippen molar-refractivity contribution in [3.8, 4) is 0 Å². The van der Waals surface area contributed by atoms with E-state index >= 15 is 0 Å². The third-order valence-corrected chi connectivity index (χ3v) is 2.26. The molecule has 0 saturated carbocycles. The predicted molar refractivity (Wildman–Crippen MR) is 50.3 cm³/mol. The molecule has 0 aromatic carbocycles. The van der Waals surface area contributed by atoms with Gasteiger partial charge in [-0.15, -0.1) is 0 Å². The summed E-state index contributed by atoms with van der Waals surface area (Å²) >= 11 is 0. The molecule has 64 valence electrons. The maximum atomic E-state index is 3.32. The van der Waals surface area contributed by atoms with Gasteiger partial charge in [0, 0.05) is 13.6 Å². The summed E-state index contributed by atoms with van der Waals surface area (Å²) in [6.45, 7) is 1.03. The highest BCUT2D eigenvalue weighted by Crippen LogP contribution is 2.21. The van der Waals surface area contributed by atoms with Crippen molar-refractivity contribution in [1.29, 1.82) is 0 Å². The van der Waals surface area contributed by atoms with Crippen molar-refractivity contribution in [2.45, 2.75) is 12.8 Å². The number of hydrazine groups is 1. The molecular weight excluding hydrogens is 148 g/mol. The lowest BCUT2D eigenvalue weighted by molar-refractivity contribution is 0.314. The quantitative estimate of drug-likeness (QED) is 0.582. The summed E-state index contributed by atoms with van der Waals surface area (Å²) in [5.41, 5.74) is 5.99. The van der Waals surface area contributed by atoms with E-state index in [0.29, 0.717) is 0 Å². The largest absolute Gasteiger partial charge is 0.311 e. The number of rotatable bonds is 0. The Kier molecular flexibility index (Phi) is 2.00. The second kappa shape index (κ2) is 3.15. The predicted octanol–water partition coefficient (Wildman–Crippen LogP) is 1.60. The Morgan fingerprint density at radius 1 is 1.42 bits per heavy atom. The summed E-state index contributed by atoms with van der Waals surface area (Å²) in [5, 5.41) is 2.11. The number of fused-ring (bicyclic) bond motifs is 1. The average molecular weight is 162 g/mol. The van der Waals surface area contributed by atoms with Crippen LogP contribution in [0.1, 0.15) is 12.8 Å². The normalized spacial score (nSPS) is 22.6. The fourth-order valence-corrected chi connectivity index (χ4v) is 1.63. The van der Waals surface area contributed by atoms with E-state index in [1.165, 1.54) is 11.3 Å². The molecule has 2 aliphatic rings. The van der Waals surface area contributed by atoms with Gasteiger partial charge in [0.2, 0.25) is 0 Å². The standard InChI is InChI=1S/C10H14N2/c1-12-10-7-3-2-5-9(10)6-4-8-11-12/h2,5-7,11H,3-4,8H2,1H3. The van der Waals surface area contributed by atoms with Crippen molar-refractivity contribution < 1.29 is 0 Å². The fraction of sp³-hybridized carbons (Fsp3) is 0.400. The van der Waals surface area contributed by atoms with E-state index < -0.39 is 0 Å². The third-order valence-electron chi connectivity index (χ3n) is 2.26. The number of likely N-dealkylation sites (N-methyl/N-ethyl adjacent to an activating group) is 1. The Morgan fingerprint density at radius 3 is 3.25 bits per heavy atom. The van der Waals surface area contributed by atoms with Crippen LogP contribution in [0.25, 0.3) is 0 Å². The number of allylic oxidation sites excluding steroid dienone is 3. The highest BCUT2D eigenvalue weighted by Gasteiger charge is 2.12. The van der Waals surface area contributed by atoms with E-state index in [1.807, 2.05) is 0 Å². The molecule has 2 heteroatoms. The molecule has 0 amide bonds. The maximum absolute atomic E-state index is 3.32. The molecule has 0 aromatic heterocycles. The van der Waals surface area contributed by atoms with Gasteiger partial charge in [-0.1, -0.05) is 24.3 Å². The van der Waals surface area contributed by atoms with Crippen LogP contribution >= 0.6 is 0 Å². The van der Waals surface area contributed by atoms with Gasteiger partial charge < -0.3 is 5.01 Å². The summed E-state index contributed by atoms with van der Waals surface area (Å²) in [7, 11) is 2.07. The lowest BCUT2D eigenvalue weighted by atomic mass is 10.0. The SMILES string of the molecule is CN1NCCC=C2C=CCC=C21. The molecule has 0 unspecified atom stereocenters. The smallest absolute Gasteiger partial charge is 0.0548 e. The third kappa shape index (κ3) is 1.30. The summed E-state index contributed by atoms with van der Waals surface area (Å²) in [6, 6.07) is 0. The van der Waals surface area contributed by atoms with E-state index in [4.69, 9.17) is 0 Å². The van der Waals surface area contributed by atoms with Gasteiger partial charge in [0.15, 0.2) is 0 Å². The Labute approximate surface area is 73.2 Å². The van der Waals surface area contributed by atoms with Crippen LogP contribution in [0, 0.1) is 0 Å². The van der Waals surface area contributed by atoms with Gasteiger partial charge >= 0.3 is 0 Å². The van der Waals surface area contributed by atoms with Crippen molar-refractivity contribution in [2.24, 2.45) is 0 Å². The molecular formula is C10H14N2. The minimum Gasteiger partial charge on any atom is -0.311 e. The van der Waals surface area contributed by atoms with Crippen LogP contribution in [0.3, 0.4) is 0 Å². The van der Waals surface area contributed by atoms with E-state index in [1.54, 1.807) is 0 Å². The highest BCUT2D eigenvalue weighted by atomic mass is 15.5. The van der Waals surface area contributed by atoms with Crippen LogP contribution < -0.4 is 5.43 Å². The molecule has 0 saturated heterocycles. The zero-order valence-electron chi connectivity index (χ0n) is 7.38. The second-order valence-corrected chi connectivity index (χ2v) is 3.14. The minimum atomic E-state index is 1.03. The summed E-state index contributed by atoms with van der Waals surface area (Å²) in [5.74, 6) is 0. The first-order valence-corrected chi connectivity index (χ1v) is 4.42. The zero-order valence-corrected chi connectivity index (χ0v) is 7.38. The van der Waals surface area contributed by atoms with Crippen molar-refractivity contribution in [3.63, 3.8) is 0 Å². The highest BCUT2D eigenvalue weighted by molar-refractivity contribution is 5.42. The van der Waals surface area contributed by atoms with Gasteiger partial charge in [-0.3, -0.25) is 0 Å². The maximum Gasteiger partial charge on any atom is 0.0548 e. The number of hydrogen-bond acceptors (Lipinski definition) is 2. The number of nitrogens with zero attached hydrogens (tertiary/aromatic N) is 1. The summed E-state index contributed by atoms with van der Waals surface area (Å²) < 4.78 is 0. The summed E-state index contributed by atoms with van der Waals surface area (Å²) in [6.07, 6.45) is 11.1. The van der Waals surface area contributed by atoms with Gasteiger partial charge in [-0.25, -0.2) is 5.43 Å². The molecule has 1 aliphatic carbocycles. The Morgan fingerprint density at radius 2 is 2.33 bits per heavy atom. The molecule has 0 radical (unpaired) electrons. The van der Waals surface area contributed by atoms with Gasteiger partial charge in [-0.05, 0) is 18.4 Å². The average Bonchev–Trinajstić information content (AvgIpc) is 2.29. The lowest BCUT2D eigenvalue weighted by Gasteiger charge is -2.23. The molecule has 2 rings (SSSR count). The van der Waals surface area contributed by atoms with Crippen LogP contribution in [0.5, 0.6) is 0 Å². The van der Waals surface area contributed by atoms with Crippen LogP contribution in [0.15, 0.2) is 35.6 Å². The molecule has 1 heterocycles. The Bertz CT molecular complexity index is 261. The molecule has 0 spiro atoms. The Balaban J connectivity index is 2.30. The van der Waals surface area contributed by atoms with E-state index in [9.17, 15) is 0 Å². The number of nitrogens with one attached hydrogen (secondary N) is 1. The minimum absolute atomic E-state index is 1.03. The Hall–Kier alpha value is -1.02. The van der Waals surface area contributed by atoms with Crippen LogP contribution in [-0.2, 0) is 0 Å². The first-order chi connectivity index (χ1) is 5.88. The fourth-order valence-electron chi connectivity index (χ4n) is 1.63. The monoisotopic (exact) mass is 162 g/mol.